The molecular formula is C16H10ClF3N2. The fourth-order valence-corrected chi connectivity index (χ4v) is 2.52. The van der Waals surface area contributed by atoms with Crippen molar-refractivity contribution in [3.8, 4) is 11.3 Å². The number of aryl methyl sites for hydroxylation is 1. The van der Waals surface area contributed by atoms with Crippen LogP contribution in [0.3, 0.4) is 0 Å². The van der Waals surface area contributed by atoms with Gasteiger partial charge in [0.2, 0.25) is 0 Å². The Kier molecular flexibility index (Phi) is 3.53. The van der Waals surface area contributed by atoms with Gasteiger partial charge in [-0.3, -0.25) is 4.98 Å². The summed E-state index contributed by atoms with van der Waals surface area (Å²) in [7, 11) is 0. The van der Waals surface area contributed by atoms with E-state index in [9.17, 15) is 13.2 Å². The number of nitrogens with zero attached hydrogens (tertiary/aromatic N) is 2. The third-order valence-corrected chi connectivity index (χ3v) is 3.68. The van der Waals surface area contributed by atoms with Crippen LogP contribution in [0.15, 0.2) is 42.6 Å². The predicted octanol–water partition coefficient (Wildman–Crippen LogP) is 5.28. The minimum Gasteiger partial charge on any atom is -0.256 e. The molecule has 2 aromatic heterocycles. The Bertz CT molecular complexity index is 860. The molecular weight excluding hydrogens is 313 g/mol. The fraction of sp³-hybridized carbons (Fsp3) is 0.125. The first-order valence-electron chi connectivity index (χ1n) is 6.46. The van der Waals surface area contributed by atoms with Gasteiger partial charge < -0.3 is 0 Å². The number of alkyl halides is 3. The molecule has 0 bridgehead atoms. The van der Waals surface area contributed by atoms with Crippen molar-refractivity contribution < 1.29 is 13.2 Å². The molecule has 2 nitrogen and oxygen atoms in total. The molecule has 0 aliphatic rings. The Labute approximate surface area is 129 Å². The predicted molar refractivity (Wildman–Crippen MR) is 79.7 cm³/mol. The van der Waals surface area contributed by atoms with Crippen LogP contribution in [-0.4, -0.2) is 9.97 Å². The van der Waals surface area contributed by atoms with Gasteiger partial charge in [0.05, 0.1) is 16.8 Å². The average molecular weight is 323 g/mol. The number of benzene rings is 1. The van der Waals surface area contributed by atoms with Gasteiger partial charge in [-0.05, 0) is 36.8 Å². The van der Waals surface area contributed by atoms with Crippen molar-refractivity contribution in [2.75, 3.05) is 0 Å². The number of fused-ring (bicyclic) bond motifs is 1. The van der Waals surface area contributed by atoms with Gasteiger partial charge in [-0.25, -0.2) is 4.98 Å². The lowest BCUT2D eigenvalue weighted by Gasteiger charge is -2.12. The Hall–Kier alpha value is -2.14. The smallest absolute Gasteiger partial charge is 0.256 e. The average Bonchev–Trinajstić information content (AvgIpc) is 2.46. The van der Waals surface area contributed by atoms with Crippen molar-refractivity contribution in [2.24, 2.45) is 0 Å². The molecule has 0 saturated heterocycles. The summed E-state index contributed by atoms with van der Waals surface area (Å²) in [6.07, 6.45) is -2.81. The van der Waals surface area contributed by atoms with Crippen molar-refractivity contribution >= 4 is 22.5 Å². The number of rotatable bonds is 1. The fourth-order valence-electron chi connectivity index (χ4n) is 2.27. The lowest BCUT2D eigenvalue weighted by Crippen LogP contribution is -2.07. The summed E-state index contributed by atoms with van der Waals surface area (Å²) < 4.78 is 39.1. The third kappa shape index (κ3) is 2.64. The number of hydrogen-bond acceptors (Lipinski definition) is 2. The number of aromatic nitrogens is 2. The van der Waals surface area contributed by atoms with E-state index in [0.29, 0.717) is 22.2 Å². The van der Waals surface area contributed by atoms with Crippen LogP contribution < -0.4 is 0 Å². The van der Waals surface area contributed by atoms with Crippen molar-refractivity contribution in [1.29, 1.82) is 0 Å². The van der Waals surface area contributed by atoms with E-state index in [-0.39, 0.29) is 10.7 Å². The molecule has 0 saturated carbocycles. The number of halogens is 4. The van der Waals surface area contributed by atoms with Crippen molar-refractivity contribution in [1.82, 2.24) is 9.97 Å². The quantitative estimate of drug-likeness (QED) is 0.570. The van der Waals surface area contributed by atoms with E-state index >= 15 is 0 Å². The van der Waals surface area contributed by atoms with Gasteiger partial charge in [0, 0.05) is 17.1 Å². The van der Waals surface area contributed by atoms with E-state index in [1.807, 2.05) is 0 Å². The van der Waals surface area contributed by atoms with Crippen molar-refractivity contribution in [3.63, 3.8) is 0 Å². The molecule has 0 N–H and O–H groups in total. The summed E-state index contributed by atoms with van der Waals surface area (Å²) in [6, 6.07) is 9.23. The maximum absolute atomic E-state index is 13.0. The van der Waals surface area contributed by atoms with Crippen LogP contribution >= 0.6 is 11.6 Å². The molecule has 112 valence electrons. The zero-order chi connectivity index (χ0) is 15.9. The van der Waals surface area contributed by atoms with Crippen LogP contribution in [0.2, 0.25) is 5.15 Å². The summed E-state index contributed by atoms with van der Waals surface area (Å²) in [5.41, 5.74) is 0.797. The van der Waals surface area contributed by atoms with Gasteiger partial charge in [0.15, 0.2) is 0 Å². The van der Waals surface area contributed by atoms with Crippen LogP contribution in [0.25, 0.3) is 22.2 Å². The third-order valence-electron chi connectivity index (χ3n) is 3.39. The van der Waals surface area contributed by atoms with E-state index < -0.39 is 11.7 Å². The summed E-state index contributed by atoms with van der Waals surface area (Å²) in [5.74, 6) is 0. The standard InChI is InChI=1S/C16H10ClF3N2/c1-9-4-5-10(7-12(9)16(18,19)20)13-8-14-11(15(17)22-13)3-2-6-21-14/h2-8H,1H3. The van der Waals surface area contributed by atoms with Crippen LogP contribution in [0.5, 0.6) is 0 Å². The molecule has 0 aliphatic heterocycles. The second kappa shape index (κ2) is 5.25. The molecule has 2 heterocycles. The molecule has 0 amide bonds. The van der Waals surface area contributed by atoms with Gasteiger partial charge in [0.1, 0.15) is 5.15 Å². The second-order valence-corrected chi connectivity index (χ2v) is 5.25. The molecule has 3 rings (SSSR count). The van der Waals surface area contributed by atoms with E-state index in [2.05, 4.69) is 9.97 Å². The Morgan fingerprint density at radius 1 is 1.09 bits per heavy atom. The van der Waals surface area contributed by atoms with Gasteiger partial charge >= 0.3 is 6.18 Å². The summed E-state index contributed by atoms with van der Waals surface area (Å²) >= 11 is 6.10. The topological polar surface area (TPSA) is 25.8 Å². The van der Waals surface area contributed by atoms with Gasteiger partial charge in [-0.1, -0.05) is 23.7 Å². The van der Waals surface area contributed by atoms with E-state index in [1.165, 1.54) is 13.0 Å². The molecule has 6 heteroatoms. The zero-order valence-corrected chi connectivity index (χ0v) is 12.2. The highest BCUT2D eigenvalue weighted by Gasteiger charge is 2.32. The van der Waals surface area contributed by atoms with Crippen LogP contribution in [0.4, 0.5) is 13.2 Å². The molecule has 0 spiro atoms. The van der Waals surface area contributed by atoms with E-state index in [4.69, 9.17) is 11.6 Å². The van der Waals surface area contributed by atoms with Gasteiger partial charge in [-0.2, -0.15) is 13.2 Å². The molecule has 0 atom stereocenters. The highest BCUT2D eigenvalue weighted by molar-refractivity contribution is 6.34. The van der Waals surface area contributed by atoms with Crippen LogP contribution in [0, 0.1) is 6.92 Å². The minimum absolute atomic E-state index is 0.168. The second-order valence-electron chi connectivity index (χ2n) is 4.90. The minimum atomic E-state index is -4.40. The number of hydrogen-bond donors (Lipinski definition) is 0. The largest absolute Gasteiger partial charge is 0.416 e. The first-order valence-corrected chi connectivity index (χ1v) is 6.83. The molecule has 0 unspecified atom stereocenters. The maximum atomic E-state index is 13.0. The molecule has 0 radical (unpaired) electrons. The first-order chi connectivity index (χ1) is 10.4. The first kappa shape index (κ1) is 14.8. The Morgan fingerprint density at radius 2 is 1.86 bits per heavy atom. The zero-order valence-electron chi connectivity index (χ0n) is 11.4. The Morgan fingerprint density at radius 3 is 2.59 bits per heavy atom. The molecule has 3 aromatic rings. The molecule has 0 fully saturated rings. The lowest BCUT2D eigenvalue weighted by atomic mass is 10.0. The van der Waals surface area contributed by atoms with Gasteiger partial charge in [0.25, 0.3) is 0 Å². The lowest BCUT2D eigenvalue weighted by molar-refractivity contribution is -0.138. The van der Waals surface area contributed by atoms with Gasteiger partial charge in [-0.15, -0.1) is 0 Å². The highest BCUT2D eigenvalue weighted by Crippen LogP contribution is 2.35. The highest BCUT2D eigenvalue weighted by atomic mass is 35.5. The Balaban J connectivity index is 2.20. The number of pyridine rings is 2. The van der Waals surface area contributed by atoms with E-state index in [0.717, 1.165) is 6.07 Å². The monoisotopic (exact) mass is 322 g/mol. The van der Waals surface area contributed by atoms with Crippen LogP contribution in [-0.2, 0) is 6.18 Å². The maximum Gasteiger partial charge on any atom is 0.416 e. The normalized spacial score (nSPS) is 11.9. The van der Waals surface area contributed by atoms with Crippen LogP contribution in [0.1, 0.15) is 11.1 Å². The summed E-state index contributed by atoms with van der Waals surface area (Å²) in [5, 5.41) is 0.880. The summed E-state index contributed by atoms with van der Waals surface area (Å²) in [4.78, 5) is 8.35. The summed E-state index contributed by atoms with van der Waals surface area (Å²) in [6.45, 7) is 1.43. The molecule has 1 aromatic carbocycles. The van der Waals surface area contributed by atoms with E-state index in [1.54, 1.807) is 30.5 Å². The SMILES string of the molecule is Cc1ccc(-c2cc3ncccc3c(Cl)n2)cc1C(F)(F)F. The van der Waals surface area contributed by atoms with Crippen molar-refractivity contribution in [2.45, 2.75) is 13.1 Å². The van der Waals surface area contributed by atoms with Crippen molar-refractivity contribution in [3.05, 3.63) is 58.9 Å². The molecule has 22 heavy (non-hydrogen) atoms. The molecule has 0 aliphatic carbocycles.